The van der Waals surface area contributed by atoms with Gasteiger partial charge in [0.1, 0.15) is 5.82 Å². The van der Waals surface area contributed by atoms with Gasteiger partial charge in [0.05, 0.1) is 5.02 Å². The lowest BCUT2D eigenvalue weighted by molar-refractivity contribution is 0.863. The van der Waals surface area contributed by atoms with E-state index in [1.807, 2.05) is 43.7 Å². The topological polar surface area (TPSA) is 29.0 Å². The first-order chi connectivity index (χ1) is 10.6. The number of aromatic nitrogens is 2. The van der Waals surface area contributed by atoms with Gasteiger partial charge in [0.15, 0.2) is 0 Å². The fraction of sp³-hybridized carbons (Fsp3) is 0.176. The largest absolute Gasteiger partial charge is 0.359 e. The van der Waals surface area contributed by atoms with Gasteiger partial charge < -0.3 is 4.90 Å². The Kier molecular flexibility index (Phi) is 4.46. The number of hydrogen-bond donors (Lipinski definition) is 0. The van der Waals surface area contributed by atoms with Gasteiger partial charge in [-0.2, -0.15) is 0 Å². The quantitative estimate of drug-likeness (QED) is 0.698. The molecule has 1 aromatic carbocycles. The summed E-state index contributed by atoms with van der Waals surface area (Å²) in [6.07, 6.45) is 6.32. The highest BCUT2D eigenvalue weighted by Gasteiger charge is 2.12. The molecule has 0 aliphatic heterocycles. The predicted octanol–water partition coefficient (Wildman–Crippen LogP) is 4.62. The van der Waals surface area contributed by atoms with Gasteiger partial charge in [0, 0.05) is 42.6 Å². The molecule has 5 heteroatoms. The lowest BCUT2D eigenvalue weighted by atomic mass is 10.1. The number of halogens is 2. The molecule has 3 rings (SSSR count). The Bertz CT molecular complexity index is 791. The molecule has 0 amide bonds. The summed E-state index contributed by atoms with van der Waals surface area (Å²) in [4.78, 5) is 10.6. The van der Waals surface area contributed by atoms with E-state index in [9.17, 15) is 0 Å². The maximum atomic E-state index is 6.37. The van der Waals surface area contributed by atoms with Crippen LogP contribution in [0.2, 0.25) is 10.0 Å². The Balaban J connectivity index is 1.89. The van der Waals surface area contributed by atoms with Crippen molar-refractivity contribution in [2.45, 2.75) is 6.42 Å². The van der Waals surface area contributed by atoms with Crippen LogP contribution in [-0.4, -0.2) is 23.6 Å². The number of hydrogen-bond acceptors (Lipinski definition) is 3. The Morgan fingerprint density at radius 3 is 2.59 bits per heavy atom. The van der Waals surface area contributed by atoms with Gasteiger partial charge in [-0.3, -0.25) is 4.98 Å². The minimum atomic E-state index is 0.626. The molecule has 0 saturated carbocycles. The van der Waals surface area contributed by atoms with Gasteiger partial charge >= 0.3 is 0 Å². The zero-order valence-electron chi connectivity index (χ0n) is 12.1. The molecule has 0 saturated heterocycles. The lowest BCUT2D eigenvalue weighted by Crippen LogP contribution is -2.21. The minimum Gasteiger partial charge on any atom is -0.359 e. The molecule has 3 aromatic rings. The van der Waals surface area contributed by atoms with Crippen molar-refractivity contribution in [3.8, 4) is 0 Å². The Hall–Kier alpha value is -1.84. The Morgan fingerprint density at radius 2 is 1.82 bits per heavy atom. The van der Waals surface area contributed by atoms with E-state index < -0.39 is 0 Å². The molecule has 2 heterocycles. The summed E-state index contributed by atoms with van der Waals surface area (Å²) in [7, 11) is 2.02. The highest BCUT2D eigenvalue weighted by molar-refractivity contribution is 6.39. The van der Waals surface area contributed by atoms with E-state index >= 15 is 0 Å². The highest BCUT2D eigenvalue weighted by Crippen LogP contribution is 2.33. The van der Waals surface area contributed by atoms with Gasteiger partial charge in [-0.25, -0.2) is 4.98 Å². The first-order valence-corrected chi connectivity index (χ1v) is 7.74. The molecule has 0 aliphatic rings. The monoisotopic (exact) mass is 331 g/mol. The number of benzene rings is 1. The van der Waals surface area contributed by atoms with Gasteiger partial charge in [0.25, 0.3) is 0 Å². The van der Waals surface area contributed by atoms with Crippen LogP contribution in [0.15, 0.2) is 48.9 Å². The van der Waals surface area contributed by atoms with Crippen LogP contribution in [0.3, 0.4) is 0 Å². The summed E-state index contributed by atoms with van der Waals surface area (Å²) in [5.41, 5.74) is 1.25. The van der Waals surface area contributed by atoms with Crippen LogP contribution in [-0.2, 0) is 6.42 Å². The summed E-state index contributed by atoms with van der Waals surface area (Å²) < 4.78 is 0. The Labute approximate surface area is 139 Å². The average Bonchev–Trinajstić information content (AvgIpc) is 2.52. The maximum absolute atomic E-state index is 6.37. The summed E-state index contributed by atoms with van der Waals surface area (Å²) in [5, 5.41) is 3.19. The van der Waals surface area contributed by atoms with Crippen molar-refractivity contribution in [3.05, 3.63) is 64.5 Å². The molecular weight excluding hydrogens is 317 g/mol. The predicted molar refractivity (Wildman–Crippen MR) is 93.0 cm³/mol. The van der Waals surface area contributed by atoms with Crippen molar-refractivity contribution in [3.63, 3.8) is 0 Å². The van der Waals surface area contributed by atoms with Crippen LogP contribution in [0.4, 0.5) is 5.82 Å². The van der Waals surface area contributed by atoms with E-state index in [4.69, 9.17) is 23.2 Å². The third kappa shape index (κ3) is 3.16. The number of pyridine rings is 2. The summed E-state index contributed by atoms with van der Waals surface area (Å²) in [6, 6.07) is 9.64. The summed E-state index contributed by atoms with van der Waals surface area (Å²) in [6.45, 7) is 0.842. The van der Waals surface area contributed by atoms with E-state index in [-0.39, 0.29) is 0 Å². The first kappa shape index (κ1) is 15.1. The van der Waals surface area contributed by atoms with Crippen LogP contribution >= 0.6 is 23.2 Å². The normalized spacial score (nSPS) is 10.9. The van der Waals surface area contributed by atoms with Crippen molar-refractivity contribution >= 4 is 39.8 Å². The average molecular weight is 332 g/mol. The molecule has 2 aromatic heterocycles. The van der Waals surface area contributed by atoms with Gasteiger partial charge in [-0.05, 0) is 47.7 Å². The smallest absolute Gasteiger partial charge is 0.137 e. The summed E-state index contributed by atoms with van der Waals surface area (Å²) >= 11 is 12.4. The molecular formula is C17H15Cl2N3. The minimum absolute atomic E-state index is 0.626. The zero-order valence-corrected chi connectivity index (χ0v) is 13.6. The summed E-state index contributed by atoms with van der Waals surface area (Å²) in [5.74, 6) is 0.869. The highest BCUT2D eigenvalue weighted by atomic mass is 35.5. The molecule has 22 heavy (non-hydrogen) atoms. The van der Waals surface area contributed by atoms with E-state index in [1.54, 1.807) is 12.3 Å². The first-order valence-electron chi connectivity index (χ1n) is 6.99. The van der Waals surface area contributed by atoms with Crippen LogP contribution in [0.5, 0.6) is 0 Å². The second-order valence-corrected chi connectivity index (χ2v) is 5.99. The third-order valence-corrected chi connectivity index (χ3v) is 4.12. The van der Waals surface area contributed by atoms with Crippen molar-refractivity contribution in [1.29, 1.82) is 0 Å². The second kappa shape index (κ2) is 6.51. The molecule has 0 atom stereocenters. The van der Waals surface area contributed by atoms with Crippen molar-refractivity contribution < 1.29 is 0 Å². The third-order valence-electron chi connectivity index (χ3n) is 3.61. The molecule has 0 N–H and O–H groups in total. The zero-order chi connectivity index (χ0) is 15.5. The van der Waals surface area contributed by atoms with Gasteiger partial charge in [0.2, 0.25) is 0 Å². The van der Waals surface area contributed by atoms with E-state index in [0.717, 1.165) is 29.6 Å². The van der Waals surface area contributed by atoms with Crippen LogP contribution in [0.25, 0.3) is 10.8 Å². The second-order valence-electron chi connectivity index (χ2n) is 5.15. The molecule has 0 fully saturated rings. The van der Waals surface area contributed by atoms with Crippen molar-refractivity contribution in [2.75, 3.05) is 18.5 Å². The maximum Gasteiger partial charge on any atom is 0.137 e. The van der Waals surface area contributed by atoms with E-state index in [2.05, 4.69) is 14.9 Å². The van der Waals surface area contributed by atoms with Crippen molar-refractivity contribution in [1.82, 2.24) is 9.97 Å². The molecule has 0 spiro atoms. The fourth-order valence-corrected chi connectivity index (χ4v) is 3.05. The van der Waals surface area contributed by atoms with Gasteiger partial charge in [-0.1, -0.05) is 23.2 Å². The molecule has 0 radical (unpaired) electrons. The lowest BCUT2D eigenvalue weighted by Gasteiger charge is -2.20. The van der Waals surface area contributed by atoms with Crippen LogP contribution in [0.1, 0.15) is 5.56 Å². The number of rotatable bonds is 4. The van der Waals surface area contributed by atoms with Crippen LogP contribution in [0, 0.1) is 0 Å². The van der Waals surface area contributed by atoms with Crippen LogP contribution < -0.4 is 4.90 Å². The SMILES string of the molecule is CN(CCc1ccncc1)c1nccc2cc(Cl)cc(Cl)c12. The van der Waals surface area contributed by atoms with Crippen molar-refractivity contribution in [2.24, 2.45) is 0 Å². The fourth-order valence-electron chi connectivity index (χ4n) is 2.46. The number of anilines is 1. The number of nitrogens with zero attached hydrogens (tertiary/aromatic N) is 3. The number of fused-ring (bicyclic) bond motifs is 1. The standard InChI is InChI=1S/C17H15Cl2N3/c1-22(9-5-12-2-6-20-7-3-12)17-16-13(4-8-21-17)10-14(18)11-15(16)19/h2-4,6-8,10-11H,5,9H2,1H3. The molecule has 3 nitrogen and oxygen atoms in total. The molecule has 0 unspecified atom stereocenters. The Morgan fingerprint density at radius 1 is 1.05 bits per heavy atom. The van der Waals surface area contributed by atoms with Gasteiger partial charge in [-0.15, -0.1) is 0 Å². The molecule has 112 valence electrons. The van der Waals surface area contributed by atoms with E-state index in [1.165, 1.54) is 5.56 Å². The molecule has 0 bridgehead atoms. The number of likely N-dealkylation sites (N-methyl/N-ethyl adjacent to an activating group) is 1. The van der Waals surface area contributed by atoms with E-state index in [0.29, 0.717) is 10.0 Å². The molecule has 0 aliphatic carbocycles.